The van der Waals surface area contributed by atoms with Crippen molar-refractivity contribution in [1.82, 2.24) is 4.90 Å². The number of sulfonamides is 1. The van der Waals surface area contributed by atoms with E-state index in [0.29, 0.717) is 11.7 Å². The van der Waals surface area contributed by atoms with Gasteiger partial charge in [-0.15, -0.1) is 0 Å². The number of carboxylic acids is 1. The minimum absolute atomic E-state index is 0.0701. The zero-order valence-corrected chi connectivity index (χ0v) is 16.0. The molecule has 0 unspecified atom stereocenters. The van der Waals surface area contributed by atoms with Crippen LogP contribution in [0.1, 0.15) is 42.5 Å². The number of hydrogen-bond donors (Lipinski definition) is 2. The third-order valence-corrected chi connectivity index (χ3v) is 5.88. The molecule has 1 aromatic carbocycles. The molecule has 0 spiro atoms. The molecule has 2 aliphatic rings. The molecule has 0 radical (unpaired) electrons. The van der Waals surface area contributed by atoms with Gasteiger partial charge >= 0.3 is 5.97 Å². The number of rotatable bonds is 5. The SMILES string of the molecule is CS(=O)(=O)Nc1cc(C(=O)O)ccc1N1CCN(C2CCCCC2)CC1. The third-order valence-electron chi connectivity index (χ3n) is 5.28. The highest BCUT2D eigenvalue weighted by atomic mass is 32.2. The second-order valence-electron chi connectivity index (χ2n) is 7.23. The van der Waals surface area contributed by atoms with Crippen molar-refractivity contribution in [3.05, 3.63) is 23.8 Å². The zero-order chi connectivity index (χ0) is 18.7. The van der Waals surface area contributed by atoms with E-state index in [1.54, 1.807) is 6.07 Å². The molecule has 0 atom stereocenters. The highest BCUT2D eigenvalue weighted by Crippen LogP contribution is 2.30. The summed E-state index contributed by atoms with van der Waals surface area (Å²) >= 11 is 0. The lowest BCUT2D eigenvalue weighted by atomic mass is 9.94. The first-order chi connectivity index (χ1) is 12.3. The molecule has 7 nitrogen and oxygen atoms in total. The maximum absolute atomic E-state index is 11.7. The van der Waals surface area contributed by atoms with Crippen molar-refractivity contribution < 1.29 is 18.3 Å². The number of anilines is 2. The van der Waals surface area contributed by atoms with Gasteiger partial charge in [0, 0.05) is 32.2 Å². The van der Waals surface area contributed by atoms with E-state index in [1.165, 1.54) is 44.2 Å². The Kier molecular flexibility index (Phi) is 5.72. The number of nitrogens with zero attached hydrogens (tertiary/aromatic N) is 2. The number of carboxylic acid groups (broad SMARTS) is 1. The van der Waals surface area contributed by atoms with Crippen LogP contribution in [0.25, 0.3) is 0 Å². The van der Waals surface area contributed by atoms with Crippen molar-refractivity contribution in [1.29, 1.82) is 0 Å². The van der Waals surface area contributed by atoms with E-state index in [2.05, 4.69) is 14.5 Å². The number of piperazine rings is 1. The second-order valence-corrected chi connectivity index (χ2v) is 8.97. The van der Waals surface area contributed by atoms with Gasteiger partial charge in [-0.3, -0.25) is 9.62 Å². The first-order valence-corrected chi connectivity index (χ1v) is 11.1. The molecule has 1 aliphatic carbocycles. The van der Waals surface area contributed by atoms with Crippen molar-refractivity contribution in [3.63, 3.8) is 0 Å². The van der Waals surface area contributed by atoms with Gasteiger partial charge in [-0.1, -0.05) is 19.3 Å². The van der Waals surface area contributed by atoms with Crippen LogP contribution < -0.4 is 9.62 Å². The highest BCUT2D eigenvalue weighted by Gasteiger charge is 2.26. The van der Waals surface area contributed by atoms with E-state index >= 15 is 0 Å². The average Bonchev–Trinajstić information content (AvgIpc) is 2.61. The van der Waals surface area contributed by atoms with Gasteiger partial charge in [0.25, 0.3) is 0 Å². The zero-order valence-electron chi connectivity index (χ0n) is 15.1. The monoisotopic (exact) mass is 381 g/mol. The molecule has 26 heavy (non-hydrogen) atoms. The van der Waals surface area contributed by atoms with Crippen molar-refractivity contribution in [2.45, 2.75) is 38.1 Å². The van der Waals surface area contributed by atoms with Crippen LogP contribution in [0.2, 0.25) is 0 Å². The molecular weight excluding hydrogens is 354 g/mol. The number of benzene rings is 1. The summed E-state index contributed by atoms with van der Waals surface area (Å²) in [5, 5.41) is 9.19. The molecule has 8 heteroatoms. The normalized spacial score (nSPS) is 20.1. The first-order valence-electron chi connectivity index (χ1n) is 9.17. The number of hydrogen-bond acceptors (Lipinski definition) is 5. The van der Waals surface area contributed by atoms with E-state index in [-0.39, 0.29) is 5.56 Å². The first kappa shape index (κ1) is 19.0. The number of aromatic carboxylic acids is 1. The Hall–Kier alpha value is -1.80. The highest BCUT2D eigenvalue weighted by molar-refractivity contribution is 7.92. The average molecular weight is 381 g/mol. The fourth-order valence-corrected chi connectivity index (χ4v) is 4.56. The summed E-state index contributed by atoms with van der Waals surface area (Å²) in [4.78, 5) is 15.9. The van der Waals surface area contributed by atoms with Gasteiger partial charge < -0.3 is 10.0 Å². The molecular formula is C18H27N3O4S. The Morgan fingerprint density at radius 3 is 2.35 bits per heavy atom. The fourth-order valence-electron chi connectivity index (χ4n) is 4.00. The second kappa shape index (κ2) is 7.84. The quantitative estimate of drug-likeness (QED) is 0.813. The Balaban J connectivity index is 1.75. The Morgan fingerprint density at radius 2 is 1.77 bits per heavy atom. The number of nitrogens with one attached hydrogen (secondary N) is 1. The maximum Gasteiger partial charge on any atom is 0.335 e. The Labute approximate surface area is 155 Å². The fraction of sp³-hybridized carbons (Fsp3) is 0.611. The molecule has 0 amide bonds. The lowest BCUT2D eigenvalue weighted by Crippen LogP contribution is -2.51. The van der Waals surface area contributed by atoms with Gasteiger partial charge in [0.05, 0.1) is 23.2 Å². The molecule has 1 saturated carbocycles. The van der Waals surface area contributed by atoms with E-state index in [1.807, 2.05) is 0 Å². The molecule has 2 N–H and O–H groups in total. The molecule has 0 aromatic heterocycles. The van der Waals surface area contributed by atoms with Gasteiger partial charge in [-0.05, 0) is 31.0 Å². The summed E-state index contributed by atoms with van der Waals surface area (Å²) in [6, 6.07) is 5.30. The molecule has 144 valence electrons. The molecule has 1 heterocycles. The van der Waals surface area contributed by atoms with Crippen LogP contribution in [-0.2, 0) is 10.0 Å². The van der Waals surface area contributed by atoms with Gasteiger partial charge in [-0.25, -0.2) is 13.2 Å². The van der Waals surface area contributed by atoms with Crippen molar-refractivity contribution in [3.8, 4) is 0 Å². The van der Waals surface area contributed by atoms with Crippen LogP contribution in [0, 0.1) is 0 Å². The van der Waals surface area contributed by atoms with Crippen molar-refractivity contribution >= 4 is 27.4 Å². The van der Waals surface area contributed by atoms with Crippen LogP contribution in [0.15, 0.2) is 18.2 Å². The number of carbonyl (C=O) groups is 1. The summed E-state index contributed by atoms with van der Waals surface area (Å²) in [6.07, 6.45) is 7.58. The van der Waals surface area contributed by atoms with Crippen molar-refractivity contribution in [2.24, 2.45) is 0 Å². The van der Waals surface area contributed by atoms with Gasteiger partial charge in [-0.2, -0.15) is 0 Å². The van der Waals surface area contributed by atoms with Crippen LogP contribution >= 0.6 is 0 Å². The van der Waals surface area contributed by atoms with Crippen molar-refractivity contribution in [2.75, 3.05) is 42.1 Å². The van der Waals surface area contributed by atoms with Crippen LogP contribution in [0.5, 0.6) is 0 Å². The van der Waals surface area contributed by atoms with Gasteiger partial charge in [0.15, 0.2) is 0 Å². The predicted octanol–water partition coefficient (Wildman–Crippen LogP) is 2.21. The minimum Gasteiger partial charge on any atom is -0.478 e. The molecule has 1 aliphatic heterocycles. The van der Waals surface area contributed by atoms with Gasteiger partial charge in [0.1, 0.15) is 0 Å². The van der Waals surface area contributed by atoms with Crippen LogP contribution in [-0.4, -0.2) is 62.9 Å². The topological polar surface area (TPSA) is 89.9 Å². The summed E-state index contributed by atoms with van der Waals surface area (Å²) in [7, 11) is -3.49. The molecule has 2 fully saturated rings. The summed E-state index contributed by atoms with van der Waals surface area (Å²) in [6.45, 7) is 3.51. The molecule has 1 saturated heterocycles. The van der Waals surface area contributed by atoms with E-state index < -0.39 is 16.0 Å². The van der Waals surface area contributed by atoms with E-state index in [0.717, 1.165) is 38.1 Å². The molecule has 0 bridgehead atoms. The maximum atomic E-state index is 11.7. The summed E-state index contributed by atoms with van der Waals surface area (Å²) in [5.74, 6) is -1.07. The van der Waals surface area contributed by atoms with Gasteiger partial charge in [0.2, 0.25) is 10.0 Å². The lowest BCUT2D eigenvalue weighted by Gasteiger charge is -2.42. The Bertz CT molecular complexity index is 752. The minimum atomic E-state index is -3.49. The van der Waals surface area contributed by atoms with E-state index in [4.69, 9.17) is 0 Å². The predicted molar refractivity (Wildman–Crippen MR) is 103 cm³/mol. The smallest absolute Gasteiger partial charge is 0.335 e. The largest absolute Gasteiger partial charge is 0.478 e. The third kappa shape index (κ3) is 4.67. The summed E-state index contributed by atoms with van der Waals surface area (Å²) < 4.78 is 25.9. The molecule has 3 rings (SSSR count). The standard InChI is InChI=1S/C18H27N3O4S/c1-26(24,25)19-16-13-14(18(22)23)7-8-17(16)21-11-9-20(10-12-21)15-5-3-2-4-6-15/h7-8,13,15,19H,2-6,9-12H2,1H3,(H,22,23). The molecule has 1 aromatic rings. The van der Waals surface area contributed by atoms with Crippen LogP contribution in [0.3, 0.4) is 0 Å². The lowest BCUT2D eigenvalue weighted by molar-refractivity contribution is 0.0697. The summed E-state index contributed by atoms with van der Waals surface area (Å²) in [5.41, 5.74) is 1.14. The Morgan fingerprint density at radius 1 is 1.12 bits per heavy atom. The van der Waals surface area contributed by atoms with E-state index in [9.17, 15) is 18.3 Å². The van der Waals surface area contributed by atoms with Crippen LogP contribution in [0.4, 0.5) is 11.4 Å².